The van der Waals surface area contributed by atoms with Crippen molar-refractivity contribution in [2.24, 2.45) is 0 Å². The molecule has 0 radical (unpaired) electrons. The van der Waals surface area contributed by atoms with Gasteiger partial charge >= 0.3 is 0 Å². The van der Waals surface area contributed by atoms with Crippen molar-refractivity contribution in [2.75, 3.05) is 5.32 Å². The number of aliphatic hydroxyl groups excluding tert-OH is 1. The van der Waals surface area contributed by atoms with E-state index in [-0.39, 0.29) is 18.6 Å². The third-order valence-corrected chi connectivity index (χ3v) is 4.35. The molecule has 2 aromatic rings. The van der Waals surface area contributed by atoms with E-state index in [1.165, 1.54) is 6.20 Å². The molecule has 140 valence electrons. The second-order valence-electron chi connectivity index (χ2n) is 5.64. The van der Waals surface area contributed by atoms with Gasteiger partial charge in [-0.15, -0.1) is 0 Å². The first-order chi connectivity index (χ1) is 12.4. The molecule has 26 heavy (non-hydrogen) atoms. The van der Waals surface area contributed by atoms with E-state index in [2.05, 4.69) is 15.6 Å². The topological polar surface area (TPSA) is 91.3 Å². The molecule has 0 fully saturated rings. The van der Waals surface area contributed by atoms with E-state index in [0.29, 0.717) is 22.9 Å². The van der Waals surface area contributed by atoms with Crippen LogP contribution in [-0.2, 0) is 22.6 Å². The highest BCUT2D eigenvalue weighted by atomic mass is 32.1. The van der Waals surface area contributed by atoms with Gasteiger partial charge in [0, 0.05) is 12.3 Å². The van der Waals surface area contributed by atoms with Crippen LogP contribution in [0.3, 0.4) is 0 Å². The molecule has 9 heteroatoms. The Kier molecular flexibility index (Phi) is 7.16. The molecule has 0 aliphatic rings. The first kappa shape index (κ1) is 19.9. The molecule has 0 aliphatic heterocycles. The predicted octanol–water partition coefficient (Wildman–Crippen LogP) is 2.38. The van der Waals surface area contributed by atoms with E-state index < -0.39 is 29.5 Å². The van der Waals surface area contributed by atoms with Crippen LogP contribution >= 0.6 is 11.3 Å². The fraction of sp³-hybridized carbons (Fsp3) is 0.353. The molecule has 0 saturated carbocycles. The number of aliphatic hydroxyl groups is 1. The Morgan fingerprint density at radius 2 is 1.96 bits per heavy atom. The summed E-state index contributed by atoms with van der Waals surface area (Å²) in [5, 5.41) is 14.5. The molecule has 0 bridgehead atoms. The smallest absolute Gasteiger partial charge is 0.248 e. The Balaban J connectivity index is 1.99. The molecule has 2 amide bonds. The van der Waals surface area contributed by atoms with Crippen molar-refractivity contribution in [3.8, 4) is 0 Å². The molecule has 0 aliphatic carbocycles. The van der Waals surface area contributed by atoms with Gasteiger partial charge in [-0.3, -0.25) is 9.59 Å². The van der Waals surface area contributed by atoms with Gasteiger partial charge in [0.1, 0.15) is 17.7 Å². The Hall–Kier alpha value is -2.39. The van der Waals surface area contributed by atoms with Gasteiger partial charge in [0.25, 0.3) is 0 Å². The number of thiazole rings is 1. The molecule has 0 saturated heterocycles. The van der Waals surface area contributed by atoms with Gasteiger partial charge in [0.15, 0.2) is 5.13 Å². The van der Waals surface area contributed by atoms with Crippen LogP contribution in [0.4, 0.5) is 13.9 Å². The van der Waals surface area contributed by atoms with Gasteiger partial charge in [0.05, 0.1) is 17.9 Å². The van der Waals surface area contributed by atoms with Gasteiger partial charge in [-0.1, -0.05) is 24.7 Å². The standard InChI is InChI=1S/C17H19F2N3O3S/c1-2-3-14(16(25)22-17-20-8-13(9-23)26-17)21-15(24)6-10-4-11(18)7-12(19)5-10/h4-5,7-8,14,23H,2-3,6,9H2,1H3,(H,21,24)(H,20,22,25). The lowest BCUT2D eigenvalue weighted by Gasteiger charge is -2.17. The van der Waals surface area contributed by atoms with Crippen molar-refractivity contribution >= 4 is 28.3 Å². The number of halogens is 2. The van der Waals surface area contributed by atoms with E-state index in [1.54, 1.807) is 0 Å². The Morgan fingerprint density at radius 3 is 2.54 bits per heavy atom. The molecule has 0 spiro atoms. The SMILES string of the molecule is CCCC(NC(=O)Cc1cc(F)cc(F)c1)C(=O)Nc1ncc(CO)s1. The van der Waals surface area contributed by atoms with Gasteiger partial charge in [-0.2, -0.15) is 0 Å². The van der Waals surface area contributed by atoms with Crippen molar-refractivity contribution in [3.05, 3.63) is 46.5 Å². The van der Waals surface area contributed by atoms with Crippen LogP contribution < -0.4 is 10.6 Å². The number of nitrogens with zero attached hydrogens (tertiary/aromatic N) is 1. The zero-order chi connectivity index (χ0) is 19.1. The highest BCUT2D eigenvalue weighted by Gasteiger charge is 2.21. The van der Waals surface area contributed by atoms with Crippen molar-refractivity contribution in [1.29, 1.82) is 0 Å². The van der Waals surface area contributed by atoms with Gasteiger partial charge in [0.2, 0.25) is 11.8 Å². The highest BCUT2D eigenvalue weighted by Crippen LogP contribution is 2.18. The first-order valence-corrected chi connectivity index (χ1v) is 8.83. The first-order valence-electron chi connectivity index (χ1n) is 8.02. The number of hydrogen-bond acceptors (Lipinski definition) is 5. The molecule has 6 nitrogen and oxygen atoms in total. The van der Waals surface area contributed by atoms with Gasteiger partial charge < -0.3 is 15.7 Å². The number of aromatic nitrogens is 1. The number of amides is 2. The Labute approximate surface area is 153 Å². The maximum Gasteiger partial charge on any atom is 0.248 e. The molecule has 1 atom stereocenters. The maximum absolute atomic E-state index is 13.2. The minimum Gasteiger partial charge on any atom is -0.391 e. The maximum atomic E-state index is 13.2. The molecule has 1 heterocycles. The number of benzene rings is 1. The summed E-state index contributed by atoms with van der Waals surface area (Å²) < 4.78 is 26.4. The molecule has 2 rings (SSSR count). The van der Waals surface area contributed by atoms with E-state index in [1.807, 2.05) is 6.92 Å². The average molecular weight is 383 g/mol. The van der Waals surface area contributed by atoms with Gasteiger partial charge in [-0.25, -0.2) is 13.8 Å². The monoisotopic (exact) mass is 383 g/mol. The van der Waals surface area contributed by atoms with Crippen molar-refractivity contribution in [1.82, 2.24) is 10.3 Å². The van der Waals surface area contributed by atoms with Crippen LogP contribution in [0.2, 0.25) is 0 Å². The summed E-state index contributed by atoms with van der Waals surface area (Å²) in [6, 6.07) is 2.07. The number of rotatable bonds is 8. The van der Waals surface area contributed by atoms with Crippen molar-refractivity contribution < 1.29 is 23.5 Å². The van der Waals surface area contributed by atoms with E-state index in [9.17, 15) is 18.4 Å². The third kappa shape index (κ3) is 5.85. The van der Waals surface area contributed by atoms with E-state index in [0.717, 1.165) is 29.5 Å². The Bertz CT molecular complexity index is 762. The second-order valence-corrected chi connectivity index (χ2v) is 6.76. The van der Waals surface area contributed by atoms with E-state index in [4.69, 9.17) is 5.11 Å². The lowest BCUT2D eigenvalue weighted by atomic mass is 10.1. The summed E-state index contributed by atoms with van der Waals surface area (Å²) in [6.07, 6.45) is 2.25. The number of hydrogen-bond donors (Lipinski definition) is 3. The second kappa shape index (κ2) is 9.35. The van der Waals surface area contributed by atoms with Crippen LogP contribution in [0, 0.1) is 11.6 Å². The average Bonchev–Trinajstić information content (AvgIpc) is 3.01. The lowest BCUT2D eigenvalue weighted by Crippen LogP contribution is -2.44. The van der Waals surface area contributed by atoms with Crippen molar-refractivity contribution in [3.63, 3.8) is 0 Å². The van der Waals surface area contributed by atoms with Crippen molar-refractivity contribution in [2.45, 2.75) is 38.8 Å². The number of carbonyl (C=O) groups is 2. The molecule has 1 aromatic heterocycles. The molecule has 1 aromatic carbocycles. The highest BCUT2D eigenvalue weighted by molar-refractivity contribution is 7.15. The van der Waals surface area contributed by atoms with Crippen LogP contribution in [0.5, 0.6) is 0 Å². The zero-order valence-electron chi connectivity index (χ0n) is 14.1. The van der Waals surface area contributed by atoms with E-state index >= 15 is 0 Å². The molecule has 1 unspecified atom stereocenters. The fourth-order valence-corrected chi connectivity index (χ4v) is 3.01. The quantitative estimate of drug-likeness (QED) is 0.653. The normalized spacial score (nSPS) is 11.8. The fourth-order valence-electron chi connectivity index (χ4n) is 2.33. The summed E-state index contributed by atoms with van der Waals surface area (Å²) in [5.74, 6) is -2.48. The van der Waals surface area contributed by atoms with Gasteiger partial charge in [-0.05, 0) is 24.1 Å². The largest absolute Gasteiger partial charge is 0.391 e. The third-order valence-electron chi connectivity index (χ3n) is 3.46. The number of anilines is 1. The summed E-state index contributed by atoms with van der Waals surface area (Å²) >= 11 is 1.13. The summed E-state index contributed by atoms with van der Waals surface area (Å²) in [7, 11) is 0. The molecule has 3 N–H and O–H groups in total. The number of nitrogens with one attached hydrogen (secondary N) is 2. The zero-order valence-corrected chi connectivity index (χ0v) is 14.9. The van der Waals surface area contributed by atoms with Crippen LogP contribution in [0.15, 0.2) is 24.4 Å². The van der Waals surface area contributed by atoms with Crippen LogP contribution in [0.25, 0.3) is 0 Å². The molecular weight excluding hydrogens is 364 g/mol. The van der Waals surface area contributed by atoms with Crippen LogP contribution in [0.1, 0.15) is 30.2 Å². The summed E-state index contributed by atoms with van der Waals surface area (Å²) in [5.41, 5.74) is 0.183. The summed E-state index contributed by atoms with van der Waals surface area (Å²) in [4.78, 5) is 29.1. The van der Waals surface area contributed by atoms with Crippen LogP contribution in [-0.4, -0.2) is 27.9 Å². The predicted molar refractivity (Wildman–Crippen MR) is 93.6 cm³/mol. The molecular formula is C17H19F2N3O3S. The minimum atomic E-state index is -0.799. The lowest BCUT2D eigenvalue weighted by molar-refractivity contribution is -0.126. The Morgan fingerprint density at radius 1 is 1.27 bits per heavy atom. The number of carbonyl (C=O) groups excluding carboxylic acids is 2. The minimum absolute atomic E-state index is 0.174. The summed E-state index contributed by atoms with van der Waals surface area (Å²) in [6.45, 7) is 1.69.